The summed E-state index contributed by atoms with van der Waals surface area (Å²) in [5, 5.41) is 53.0. The molecule has 3 heterocycles. The Morgan fingerprint density at radius 1 is 0.911 bits per heavy atom. The number of fused-ring (bicyclic) bond motifs is 3. The van der Waals surface area contributed by atoms with E-state index in [1.165, 1.54) is 31.4 Å². The molecule has 3 aromatic carbocycles. The Labute approximate surface area is 257 Å². The Bertz CT molecular complexity index is 1500. The third-order valence-electron chi connectivity index (χ3n) is 8.87. The number of aromatic hydroxyl groups is 2. The number of carbonyl (C=O) groups excluding carboxylic acids is 1. The molecule has 11 nitrogen and oxygen atoms in total. The molecule has 0 bridgehead atoms. The van der Waals surface area contributed by atoms with Crippen LogP contribution in [0.2, 0.25) is 0 Å². The van der Waals surface area contributed by atoms with Gasteiger partial charge in [0.05, 0.1) is 25.3 Å². The average molecular weight is 629 g/mol. The number of phenols is 2. The minimum atomic E-state index is -1.61. The molecule has 0 spiro atoms. The van der Waals surface area contributed by atoms with Gasteiger partial charge in [0.25, 0.3) is 0 Å². The molecule has 6 rings (SSSR count). The zero-order valence-corrected chi connectivity index (χ0v) is 24.3. The van der Waals surface area contributed by atoms with Gasteiger partial charge in [-0.15, -0.1) is 0 Å². The third kappa shape index (κ3) is 5.60. The standard InChI is InChI=1S/C32H34F2N2O9/c1-43-30-25(38)20(22-23(27(30)40)29-31(45-32(22)42)28(41)26(39)21(15-37)44-29)14-35-10-12-36(13-11-35)24(16-2-6-18(33)7-3-16)17-4-8-19(34)9-5-17/h2-9,21,24,26,28-29,31,37-41H,10-15H2,1H3/t21-,26-,28+,29-,31+/m1/s1. The van der Waals surface area contributed by atoms with Crippen molar-refractivity contribution in [3.8, 4) is 17.2 Å². The summed E-state index contributed by atoms with van der Waals surface area (Å²) in [6.07, 6.45) is -7.02. The van der Waals surface area contributed by atoms with E-state index in [4.69, 9.17) is 14.2 Å². The number of methoxy groups -OCH3 is 1. The minimum absolute atomic E-state index is 0.0531. The zero-order valence-electron chi connectivity index (χ0n) is 24.3. The smallest absolute Gasteiger partial charge is 0.339 e. The average Bonchev–Trinajstić information content (AvgIpc) is 3.04. The lowest BCUT2D eigenvalue weighted by Gasteiger charge is -2.45. The predicted molar refractivity (Wildman–Crippen MR) is 154 cm³/mol. The highest BCUT2D eigenvalue weighted by molar-refractivity contribution is 5.97. The molecule has 13 heteroatoms. The molecule has 0 radical (unpaired) electrons. The van der Waals surface area contributed by atoms with E-state index < -0.39 is 54.6 Å². The monoisotopic (exact) mass is 628 g/mol. The summed E-state index contributed by atoms with van der Waals surface area (Å²) in [5.41, 5.74) is 1.58. The Morgan fingerprint density at radius 2 is 1.49 bits per heavy atom. The van der Waals surface area contributed by atoms with Gasteiger partial charge in [0, 0.05) is 43.9 Å². The first-order valence-corrected chi connectivity index (χ1v) is 14.6. The van der Waals surface area contributed by atoms with Gasteiger partial charge >= 0.3 is 5.97 Å². The summed E-state index contributed by atoms with van der Waals surface area (Å²) < 4.78 is 44.1. The number of esters is 1. The van der Waals surface area contributed by atoms with E-state index in [1.54, 1.807) is 24.3 Å². The molecular weight excluding hydrogens is 594 g/mol. The summed E-state index contributed by atoms with van der Waals surface area (Å²) in [5.74, 6) is -3.00. The van der Waals surface area contributed by atoms with Crippen molar-refractivity contribution in [1.82, 2.24) is 9.80 Å². The summed E-state index contributed by atoms with van der Waals surface area (Å²) in [7, 11) is 1.24. The van der Waals surface area contributed by atoms with Crippen molar-refractivity contribution in [2.75, 3.05) is 39.9 Å². The van der Waals surface area contributed by atoms with Gasteiger partial charge in [0.1, 0.15) is 36.1 Å². The van der Waals surface area contributed by atoms with Crippen LogP contribution < -0.4 is 4.74 Å². The number of hydrogen-bond acceptors (Lipinski definition) is 11. The van der Waals surface area contributed by atoms with Crippen molar-refractivity contribution in [1.29, 1.82) is 0 Å². The fourth-order valence-corrected chi connectivity index (χ4v) is 6.57. The molecule has 2 saturated heterocycles. The van der Waals surface area contributed by atoms with E-state index in [0.717, 1.165) is 11.1 Å². The second-order valence-corrected chi connectivity index (χ2v) is 11.4. The molecule has 0 amide bonds. The summed E-state index contributed by atoms with van der Waals surface area (Å²) in [6, 6.07) is 12.1. The van der Waals surface area contributed by atoms with Crippen LogP contribution in [-0.2, 0) is 16.0 Å². The summed E-state index contributed by atoms with van der Waals surface area (Å²) >= 11 is 0. The highest BCUT2D eigenvalue weighted by atomic mass is 19.1. The summed E-state index contributed by atoms with van der Waals surface area (Å²) in [4.78, 5) is 17.5. The van der Waals surface area contributed by atoms with Crippen LogP contribution in [0.4, 0.5) is 8.78 Å². The zero-order chi connectivity index (χ0) is 32.0. The Hall–Kier alpha value is -3.85. The van der Waals surface area contributed by atoms with Gasteiger partial charge in [-0.05, 0) is 35.4 Å². The third-order valence-corrected chi connectivity index (χ3v) is 8.87. The van der Waals surface area contributed by atoms with E-state index in [1.807, 2.05) is 4.90 Å². The van der Waals surface area contributed by atoms with Gasteiger partial charge < -0.3 is 39.7 Å². The van der Waals surface area contributed by atoms with E-state index >= 15 is 0 Å². The van der Waals surface area contributed by atoms with Crippen LogP contribution >= 0.6 is 0 Å². The molecule has 45 heavy (non-hydrogen) atoms. The van der Waals surface area contributed by atoms with Crippen LogP contribution in [0.25, 0.3) is 0 Å². The number of phenolic OH excluding ortho intramolecular Hbond substituents is 2. The van der Waals surface area contributed by atoms with Crippen molar-refractivity contribution in [2.45, 2.75) is 43.1 Å². The lowest BCUT2D eigenvalue weighted by molar-refractivity contribution is -0.235. The highest BCUT2D eigenvalue weighted by Crippen LogP contribution is 2.52. The van der Waals surface area contributed by atoms with Crippen molar-refractivity contribution < 1.29 is 53.3 Å². The molecule has 5 N–H and O–H groups in total. The van der Waals surface area contributed by atoms with Gasteiger partial charge in [0.15, 0.2) is 17.6 Å². The van der Waals surface area contributed by atoms with Crippen LogP contribution in [0.3, 0.4) is 0 Å². The van der Waals surface area contributed by atoms with Crippen molar-refractivity contribution in [2.24, 2.45) is 0 Å². The molecular formula is C32H34F2N2O9. The van der Waals surface area contributed by atoms with Gasteiger partial charge in [-0.3, -0.25) is 9.80 Å². The maximum absolute atomic E-state index is 13.7. The minimum Gasteiger partial charge on any atom is -0.504 e. The molecule has 3 aliphatic rings. The molecule has 3 aromatic rings. The lowest BCUT2D eigenvalue weighted by atomic mass is 9.84. The van der Waals surface area contributed by atoms with E-state index in [2.05, 4.69) is 4.90 Å². The second kappa shape index (κ2) is 12.5. The quantitative estimate of drug-likeness (QED) is 0.244. The van der Waals surface area contributed by atoms with E-state index in [0.29, 0.717) is 26.2 Å². The Morgan fingerprint density at radius 3 is 2.02 bits per heavy atom. The first-order valence-electron chi connectivity index (χ1n) is 14.6. The lowest BCUT2D eigenvalue weighted by Crippen LogP contribution is -2.58. The SMILES string of the molecule is COc1c(O)c(CN2CCN(C(c3ccc(F)cc3)c3ccc(F)cc3)CC2)c2c(c1O)[C@H]1O[C@H](CO)[C@@H](O)[C@H](O)[C@@H]1OC2=O. The molecule has 0 saturated carbocycles. The molecule has 2 fully saturated rings. The number of carbonyl (C=O) groups is 1. The number of rotatable bonds is 7. The molecule has 0 unspecified atom stereocenters. The van der Waals surface area contributed by atoms with Crippen LogP contribution in [-0.4, -0.2) is 106 Å². The number of aliphatic hydroxyl groups is 3. The molecule has 3 aliphatic heterocycles. The van der Waals surface area contributed by atoms with Crippen molar-refractivity contribution in [3.63, 3.8) is 0 Å². The maximum Gasteiger partial charge on any atom is 0.339 e. The maximum atomic E-state index is 13.7. The van der Waals surface area contributed by atoms with Gasteiger partial charge in [0.2, 0.25) is 5.75 Å². The fraction of sp³-hybridized carbons (Fsp3) is 0.406. The number of aliphatic hydroxyl groups excluding tert-OH is 3. The molecule has 0 aromatic heterocycles. The van der Waals surface area contributed by atoms with E-state index in [-0.39, 0.29) is 46.7 Å². The van der Waals surface area contributed by atoms with Crippen LogP contribution in [0.5, 0.6) is 17.2 Å². The first kappa shape index (κ1) is 31.1. The summed E-state index contributed by atoms with van der Waals surface area (Å²) in [6.45, 7) is 1.42. The predicted octanol–water partition coefficient (Wildman–Crippen LogP) is 1.98. The number of benzene rings is 3. The topological polar surface area (TPSA) is 152 Å². The molecule has 0 aliphatic carbocycles. The molecule has 240 valence electrons. The Balaban J connectivity index is 1.29. The van der Waals surface area contributed by atoms with Crippen molar-refractivity contribution >= 4 is 5.97 Å². The molecule has 5 atom stereocenters. The highest BCUT2D eigenvalue weighted by Gasteiger charge is 2.53. The van der Waals surface area contributed by atoms with Gasteiger partial charge in [-0.2, -0.15) is 0 Å². The van der Waals surface area contributed by atoms with Gasteiger partial charge in [-0.1, -0.05) is 24.3 Å². The normalized spacial score (nSPS) is 25.5. The first-order chi connectivity index (χ1) is 21.6. The second-order valence-electron chi connectivity index (χ2n) is 11.4. The number of hydrogen-bond donors (Lipinski definition) is 5. The van der Waals surface area contributed by atoms with E-state index in [9.17, 15) is 39.1 Å². The van der Waals surface area contributed by atoms with Crippen molar-refractivity contribution in [3.05, 3.63) is 88.0 Å². The van der Waals surface area contributed by atoms with Crippen LogP contribution in [0, 0.1) is 11.6 Å². The number of ether oxygens (including phenoxy) is 3. The van der Waals surface area contributed by atoms with Gasteiger partial charge in [-0.25, -0.2) is 13.6 Å². The number of piperazine rings is 1. The number of halogens is 2. The van der Waals surface area contributed by atoms with Crippen LogP contribution in [0.1, 0.15) is 44.8 Å². The Kier molecular flexibility index (Phi) is 8.66. The number of nitrogens with zero attached hydrogens (tertiary/aromatic N) is 2. The fourth-order valence-electron chi connectivity index (χ4n) is 6.57. The van der Waals surface area contributed by atoms with Crippen LogP contribution in [0.15, 0.2) is 48.5 Å². The largest absolute Gasteiger partial charge is 0.504 e.